The molecule has 2 amide bonds. The molecule has 3 aromatic rings. The second kappa shape index (κ2) is 9.79. The summed E-state index contributed by atoms with van der Waals surface area (Å²) in [6.07, 6.45) is 1.69. The van der Waals surface area contributed by atoms with Crippen molar-refractivity contribution in [3.63, 3.8) is 0 Å². The molecule has 0 atom stereocenters. The van der Waals surface area contributed by atoms with Crippen molar-refractivity contribution in [2.45, 2.75) is 20.3 Å². The highest BCUT2D eigenvalue weighted by molar-refractivity contribution is 7.10. The number of thiophene rings is 1. The van der Waals surface area contributed by atoms with E-state index >= 15 is 0 Å². The minimum atomic E-state index is -0.409. The Morgan fingerprint density at radius 2 is 1.69 bits per heavy atom. The van der Waals surface area contributed by atoms with Crippen LogP contribution in [-0.4, -0.2) is 25.0 Å². The number of rotatable bonds is 9. The normalized spacial score (nSPS) is 10.4. The van der Waals surface area contributed by atoms with Gasteiger partial charge in [-0.1, -0.05) is 6.07 Å². The predicted octanol–water partition coefficient (Wildman–Crippen LogP) is 4.57. The standard InChI is InChI=1S/C21H22N2O5S/c1-3-26-18-13-16(23-21(25)17-8-5-9-28-17)19(27-4-2)12-15(18)22-20(24)11-14-7-6-10-29-14/h5-10,12-13H,3-4,11H2,1-2H3,(H,22,24)(H,23,25). The highest BCUT2D eigenvalue weighted by Gasteiger charge is 2.18. The minimum Gasteiger partial charge on any atom is -0.492 e. The monoisotopic (exact) mass is 414 g/mol. The molecule has 0 saturated carbocycles. The number of furan rings is 1. The maximum Gasteiger partial charge on any atom is 0.291 e. The summed E-state index contributed by atoms with van der Waals surface area (Å²) in [7, 11) is 0. The van der Waals surface area contributed by atoms with Crippen molar-refractivity contribution in [2.75, 3.05) is 23.8 Å². The number of carbonyl (C=O) groups is 2. The molecule has 152 valence electrons. The van der Waals surface area contributed by atoms with Crippen LogP contribution in [0.1, 0.15) is 29.3 Å². The van der Waals surface area contributed by atoms with E-state index in [1.807, 2.05) is 31.4 Å². The van der Waals surface area contributed by atoms with Gasteiger partial charge in [-0.3, -0.25) is 9.59 Å². The number of hydrogen-bond donors (Lipinski definition) is 2. The lowest BCUT2D eigenvalue weighted by molar-refractivity contribution is -0.115. The molecule has 0 radical (unpaired) electrons. The van der Waals surface area contributed by atoms with Gasteiger partial charge in [0.1, 0.15) is 11.5 Å². The highest BCUT2D eigenvalue weighted by Crippen LogP contribution is 2.37. The summed E-state index contributed by atoms with van der Waals surface area (Å²) >= 11 is 1.52. The van der Waals surface area contributed by atoms with E-state index in [4.69, 9.17) is 13.9 Å². The SMILES string of the molecule is CCOc1cc(NC(=O)c2ccco2)c(OCC)cc1NC(=O)Cc1cccs1. The van der Waals surface area contributed by atoms with E-state index in [1.54, 1.807) is 24.3 Å². The van der Waals surface area contributed by atoms with Crippen molar-refractivity contribution in [2.24, 2.45) is 0 Å². The second-order valence-electron chi connectivity index (χ2n) is 5.95. The van der Waals surface area contributed by atoms with Gasteiger partial charge in [-0.15, -0.1) is 11.3 Å². The molecular weight excluding hydrogens is 392 g/mol. The molecule has 0 unspecified atom stereocenters. The molecule has 8 heteroatoms. The molecule has 2 heterocycles. The zero-order valence-electron chi connectivity index (χ0n) is 16.2. The Kier molecular flexibility index (Phi) is 6.91. The summed E-state index contributed by atoms with van der Waals surface area (Å²) in [5.41, 5.74) is 0.904. The van der Waals surface area contributed by atoms with Gasteiger partial charge in [-0.05, 0) is 37.4 Å². The van der Waals surface area contributed by atoms with Gasteiger partial charge in [0.15, 0.2) is 5.76 Å². The first-order valence-corrected chi connectivity index (χ1v) is 10.1. The molecule has 2 aromatic heterocycles. The summed E-state index contributed by atoms with van der Waals surface area (Å²) in [5, 5.41) is 7.57. The van der Waals surface area contributed by atoms with Crippen molar-refractivity contribution in [3.05, 3.63) is 58.7 Å². The molecule has 2 N–H and O–H groups in total. The van der Waals surface area contributed by atoms with Crippen LogP contribution in [-0.2, 0) is 11.2 Å². The van der Waals surface area contributed by atoms with E-state index in [9.17, 15) is 9.59 Å². The van der Waals surface area contributed by atoms with Gasteiger partial charge in [0.2, 0.25) is 5.91 Å². The fraction of sp³-hybridized carbons (Fsp3) is 0.238. The zero-order chi connectivity index (χ0) is 20.6. The van der Waals surface area contributed by atoms with Gasteiger partial charge in [-0.2, -0.15) is 0 Å². The maximum atomic E-state index is 12.4. The number of ether oxygens (including phenoxy) is 2. The molecular formula is C21H22N2O5S. The summed E-state index contributed by atoms with van der Waals surface area (Å²) in [5.74, 6) is 0.461. The zero-order valence-corrected chi connectivity index (χ0v) is 17.0. The number of benzene rings is 1. The molecule has 3 rings (SSSR count). The quantitative estimate of drug-likeness (QED) is 0.535. The van der Waals surface area contributed by atoms with Crippen molar-refractivity contribution in [3.8, 4) is 11.5 Å². The number of nitrogens with one attached hydrogen (secondary N) is 2. The van der Waals surface area contributed by atoms with E-state index in [-0.39, 0.29) is 18.1 Å². The average Bonchev–Trinajstić information content (AvgIpc) is 3.39. The second-order valence-corrected chi connectivity index (χ2v) is 6.98. The van der Waals surface area contributed by atoms with Crippen LogP contribution in [0.4, 0.5) is 11.4 Å². The first-order valence-electron chi connectivity index (χ1n) is 9.21. The predicted molar refractivity (Wildman–Crippen MR) is 112 cm³/mol. The van der Waals surface area contributed by atoms with Gasteiger partial charge >= 0.3 is 0 Å². The molecule has 0 aliphatic rings. The van der Waals surface area contributed by atoms with E-state index in [0.717, 1.165) is 4.88 Å². The lowest BCUT2D eigenvalue weighted by atomic mass is 10.2. The molecule has 0 aliphatic carbocycles. The molecule has 0 bridgehead atoms. The highest BCUT2D eigenvalue weighted by atomic mass is 32.1. The fourth-order valence-electron chi connectivity index (χ4n) is 2.66. The van der Waals surface area contributed by atoms with Crippen LogP contribution >= 0.6 is 11.3 Å². The van der Waals surface area contributed by atoms with Gasteiger partial charge in [0, 0.05) is 17.0 Å². The summed E-state index contributed by atoms with van der Waals surface area (Å²) in [6, 6.07) is 10.3. The smallest absolute Gasteiger partial charge is 0.291 e. The van der Waals surface area contributed by atoms with Crippen molar-refractivity contribution < 1.29 is 23.5 Å². The summed E-state index contributed by atoms with van der Waals surface area (Å²) in [4.78, 5) is 25.8. The van der Waals surface area contributed by atoms with E-state index < -0.39 is 5.91 Å². The Bertz CT molecular complexity index is 952. The first-order chi connectivity index (χ1) is 14.1. The Morgan fingerprint density at radius 1 is 1.00 bits per heavy atom. The molecule has 0 spiro atoms. The number of carbonyl (C=O) groups excluding carboxylic acids is 2. The molecule has 0 fully saturated rings. The lowest BCUT2D eigenvalue weighted by Crippen LogP contribution is -2.16. The molecule has 1 aromatic carbocycles. The van der Waals surface area contributed by atoms with Gasteiger partial charge in [0.25, 0.3) is 5.91 Å². The van der Waals surface area contributed by atoms with Crippen molar-refractivity contribution in [1.82, 2.24) is 0 Å². The van der Waals surface area contributed by atoms with Crippen LogP contribution in [0.5, 0.6) is 11.5 Å². The molecule has 29 heavy (non-hydrogen) atoms. The topological polar surface area (TPSA) is 89.8 Å². The average molecular weight is 414 g/mol. The Balaban J connectivity index is 1.86. The van der Waals surface area contributed by atoms with E-state index in [0.29, 0.717) is 36.1 Å². The Hall–Kier alpha value is -3.26. The van der Waals surface area contributed by atoms with Crippen LogP contribution in [0.25, 0.3) is 0 Å². The van der Waals surface area contributed by atoms with Crippen LogP contribution in [0, 0.1) is 0 Å². The van der Waals surface area contributed by atoms with Gasteiger partial charge in [0.05, 0.1) is 37.3 Å². The largest absolute Gasteiger partial charge is 0.492 e. The summed E-state index contributed by atoms with van der Waals surface area (Å²) in [6.45, 7) is 4.46. The minimum absolute atomic E-state index is 0.164. The third kappa shape index (κ3) is 5.39. The fourth-order valence-corrected chi connectivity index (χ4v) is 3.37. The van der Waals surface area contributed by atoms with Gasteiger partial charge in [-0.25, -0.2) is 0 Å². The third-order valence-electron chi connectivity index (χ3n) is 3.86. The van der Waals surface area contributed by atoms with Crippen molar-refractivity contribution in [1.29, 1.82) is 0 Å². The van der Waals surface area contributed by atoms with Crippen molar-refractivity contribution >= 4 is 34.5 Å². The Morgan fingerprint density at radius 3 is 2.24 bits per heavy atom. The molecule has 0 aliphatic heterocycles. The first kappa shape index (κ1) is 20.5. The van der Waals surface area contributed by atoms with E-state index in [2.05, 4.69) is 10.6 Å². The molecule has 0 saturated heterocycles. The number of hydrogen-bond acceptors (Lipinski definition) is 6. The molecule has 7 nitrogen and oxygen atoms in total. The third-order valence-corrected chi connectivity index (χ3v) is 4.74. The van der Waals surface area contributed by atoms with Crippen LogP contribution in [0.15, 0.2) is 52.5 Å². The van der Waals surface area contributed by atoms with Crippen LogP contribution < -0.4 is 20.1 Å². The number of anilines is 2. The Labute approximate surface area is 172 Å². The summed E-state index contributed by atoms with van der Waals surface area (Å²) < 4.78 is 16.5. The van der Waals surface area contributed by atoms with Crippen LogP contribution in [0.3, 0.4) is 0 Å². The number of amides is 2. The maximum absolute atomic E-state index is 12.4. The lowest BCUT2D eigenvalue weighted by Gasteiger charge is -2.17. The van der Waals surface area contributed by atoms with Gasteiger partial charge < -0.3 is 24.5 Å². The van der Waals surface area contributed by atoms with E-state index in [1.165, 1.54) is 17.6 Å². The van der Waals surface area contributed by atoms with Crippen LogP contribution in [0.2, 0.25) is 0 Å².